The molecule has 1 aliphatic heterocycles. The van der Waals surface area contributed by atoms with E-state index in [2.05, 4.69) is 9.98 Å². The number of nitrogens with zero attached hydrogens (tertiary/aromatic N) is 3. The number of hydrogen-bond donors (Lipinski definition) is 0. The van der Waals surface area contributed by atoms with Crippen LogP contribution in [0.15, 0.2) is 58.4 Å². The van der Waals surface area contributed by atoms with Gasteiger partial charge >= 0.3 is 0 Å². The van der Waals surface area contributed by atoms with Crippen molar-refractivity contribution in [2.75, 3.05) is 0 Å². The molecule has 114 valence electrons. The highest BCUT2D eigenvalue weighted by atomic mass is 35.5. The molecule has 2 aliphatic rings. The minimum Gasteiger partial charge on any atom is -0.269 e. The molecule has 4 nitrogen and oxygen atoms in total. The standard InChI is InChI=1S/C18H14ClN3O/c1-11-14(10-12-6-8-13(19)9-7-12)17(23)22-16-5-3-2-4-15(16)21-18(22)20-11/h2-9,16H,10H2,1H3. The maximum atomic E-state index is 13.0. The second-order valence-corrected chi connectivity index (χ2v) is 6.12. The Kier molecular flexibility index (Phi) is 3.27. The Hall–Kier alpha value is -2.46. The average Bonchev–Trinajstić information content (AvgIpc) is 2.91. The molecule has 0 fully saturated rings. The summed E-state index contributed by atoms with van der Waals surface area (Å²) in [5.41, 5.74) is 3.31. The van der Waals surface area contributed by atoms with E-state index >= 15 is 0 Å². The van der Waals surface area contributed by atoms with E-state index < -0.39 is 0 Å². The Morgan fingerprint density at radius 2 is 2.00 bits per heavy atom. The van der Waals surface area contributed by atoms with Gasteiger partial charge in [0.1, 0.15) is 6.04 Å². The molecule has 4 rings (SSSR count). The SMILES string of the molecule is Cc1nc2n(c(=O)c1Cc1ccc(Cl)cc1)C1C=CC=CC1=N2. The molecule has 1 aliphatic carbocycles. The van der Waals surface area contributed by atoms with Crippen LogP contribution in [0.2, 0.25) is 5.02 Å². The molecule has 0 bridgehead atoms. The first kappa shape index (κ1) is 14.2. The maximum absolute atomic E-state index is 13.0. The molecule has 0 radical (unpaired) electrons. The molecule has 0 N–H and O–H groups in total. The van der Waals surface area contributed by atoms with Crippen LogP contribution in [0.5, 0.6) is 0 Å². The van der Waals surface area contributed by atoms with Crippen LogP contribution in [0.1, 0.15) is 22.9 Å². The normalized spacial score (nSPS) is 17.8. The minimum absolute atomic E-state index is 0.0221. The molecule has 1 atom stereocenters. The lowest BCUT2D eigenvalue weighted by molar-refractivity contribution is 0.719. The summed E-state index contributed by atoms with van der Waals surface area (Å²) in [4.78, 5) is 22.0. The largest absolute Gasteiger partial charge is 0.269 e. The third-order valence-electron chi connectivity index (χ3n) is 4.17. The molecule has 1 aromatic carbocycles. The van der Waals surface area contributed by atoms with Gasteiger partial charge in [-0.05, 0) is 30.7 Å². The molecule has 1 aromatic heterocycles. The van der Waals surface area contributed by atoms with E-state index in [-0.39, 0.29) is 11.6 Å². The van der Waals surface area contributed by atoms with E-state index in [1.165, 1.54) is 0 Å². The molecule has 0 saturated carbocycles. The number of allylic oxidation sites excluding steroid dienone is 4. The van der Waals surface area contributed by atoms with Gasteiger partial charge in [-0.25, -0.2) is 9.98 Å². The van der Waals surface area contributed by atoms with Gasteiger partial charge in [-0.2, -0.15) is 0 Å². The topological polar surface area (TPSA) is 47.2 Å². The first-order valence-corrected chi connectivity index (χ1v) is 7.81. The van der Waals surface area contributed by atoms with Gasteiger partial charge in [-0.3, -0.25) is 9.36 Å². The molecule has 23 heavy (non-hydrogen) atoms. The molecular formula is C18H14ClN3O. The fourth-order valence-electron chi connectivity index (χ4n) is 2.96. The molecule has 0 saturated heterocycles. The van der Waals surface area contributed by atoms with Gasteiger partial charge in [-0.1, -0.05) is 42.0 Å². The number of hydrogen-bond acceptors (Lipinski definition) is 3. The third kappa shape index (κ3) is 2.35. The summed E-state index contributed by atoms with van der Waals surface area (Å²) < 4.78 is 1.67. The summed E-state index contributed by atoms with van der Waals surface area (Å²) in [6.45, 7) is 1.86. The summed E-state index contributed by atoms with van der Waals surface area (Å²) in [5.74, 6) is 0.489. The van der Waals surface area contributed by atoms with E-state index in [1.807, 2.05) is 55.5 Å². The fourth-order valence-corrected chi connectivity index (χ4v) is 3.09. The Bertz CT molecular complexity index is 936. The molecule has 2 aromatic rings. The van der Waals surface area contributed by atoms with E-state index in [0.717, 1.165) is 17.0 Å². The van der Waals surface area contributed by atoms with Crippen LogP contribution >= 0.6 is 11.6 Å². The van der Waals surface area contributed by atoms with Crippen LogP contribution in [0.25, 0.3) is 0 Å². The highest BCUT2D eigenvalue weighted by Crippen LogP contribution is 2.28. The van der Waals surface area contributed by atoms with Gasteiger partial charge in [-0.15, -0.1) is 0 Å². The summed E-state index contributed by atoms with van der Waals surface area (Å²) >= 11 is 5.92. The van der Waals surface area contributed by atoms with E-state index in [1.54, 1.807) is 4.57 Å². The van der Waals surface area contributed by atoms with Crippen molar-refractivity contribution in [1.29, 1.82) is 0 Å². The zero-order valence-corrected chi connectivity index (χ0v) is 13.3. The molecule has 2 heterocycles. The van der Waals surface area contributed by atoms with Crippen LogP contribution in [-0.4, -0.2) is 15.3 Å². The van der Waals surface area contributed by atoms with Crippen LogP contribution in [0.3, 0.4) is 0 Å². The van der Waals surface area contributed by atoms with E-state index in [0.29, 0.717) is 23.0 Å². The van der Waals surface area contributed by atoms with Crippen LogP contribution in [0.4, 0.5) is 5.95 Å². The Morgan fingerprint density at radius 1 is 1.22 bits per heavy atom. The summed E-state index contributed by atoms with van der Waals surface area (Å²) in [7, 11) is 0. The van der Waals surface area contributed by atoms with Crippen molar-refractivity contribution in [3.05, 3.63) is 80.8 Å². The van der Waals surface area contributed by atoms with Gasteiger partial charge in [0.15, 0.2) is 0 Å². The van der Waals surface area contributed by atoms with Crippen molar-refractivity contribution in [3.63, 3.8) is 0 Å². The zero-order valence-electron chi connectivity index (χ0n) is 12.5. The van der Waals surface area contributed by atoms with E-state index in [9.17, 15) is 4.79 Å². The number of fused-ring (bicyclic) bond motifs is 3. The van der Waals surface area contributed by atoms with Crippen molar-refractivity contribution in [2.24, 2.45) is 4.99 Å². The monoisotopic (exact) mass is 323 g/mol. The lowest BCUT2D eigenvalue weighted by Crippen LogP contribution is -2.29. The number of aryl methyl sites for hydroxylation is 1. The van der Waals surface area contributed by atoms with E-state index in [4.69, 9.17) is 11.6 Å². The highest BCUT2D eigenvalue weighted by Gasteiger charge is 2.28. The Balaban J connectivity index is 1.79. The maximum Gasteiger partial charge on any atom is 0.259 e. The summed E-state index contributed by atoms with van der Waals surface area (Å²) in [5, 5.41) is 0.687. The molecule has 5 heteroatoms. The first-order valence-electron chi connectivity index (χ1n) is 7.43. The van der Waals surface area contributed by atoms with Crippen molar-refractivity contribution in [3.8, 4) is 0 Å². The lowest BCUT2D eigenvalue weighted by atomic mass is 10.0. The zero-order chi connectivity index (χ0) is 16.0. The average molecular weight is 324 g/mol. The number of aromatic nitrogens is 2. The first-order chi connectivity index (χ1) is 11.1. The summed E-state index contributed by atoms with van der Waals surface area (Å²) in [6.07, 6.45) is 8.29. The van der Waals surface area contributed by atoms with Crippen molar-refractivity contribution in [2.45, 2.75) is 19.4 Å². The Morgan fingerprint density at radius 3 is 2.78 bits per heavy atom. The second kappa shape index (κ2) is 5.32. The van der Waals surface area contributed by atoms with Gasteiger partial charge < -0.3 is 0 Å². The summed E-state index contributed by atoms with van der Waals surface area (Å²) in [6, 6.07) is 7.40. The quantitative estimate of drug-likeness (QED) is 0.848. The minimum atomic E-state index is -0.139. The molecular weight excluding hydrogens is 310 g/mol. The van der Waals surface area contributed by atoms with Gasteiger partial charge in [0.25, 0.3) is 5.56 Å². The predicted octanol–water partition coefficient (Wildman–Crippen LogP) is 3.55. The van der Waals surface area contributed by atoms with Crippen LogP contribution < -0.4 is 5.56 Å². The van der Waals surface area contributed by atoms with Crippen molar-refractivity contribution >= 4 is 23.3 Å². The van der Waals surface area contributed by atoms with Gasteiger partial charge in [0.05, 0.1) is 11.4 Å². The Labute approximate surface area is 138 Å². The molecule has 0 spiro atoms. The van der Waals surface area contributed by atoms with Gasteiger partial charge in [0, 0.05) is 17.0 Å². The number of halogens is 1. The van der Waals surface area contributed by atoms with Gasteiger partial charge in [0.2, 0.25) is 5.95 Å². The third-order valence-corrected chi connectivity index (χ3v) is 4.42. The second-order valence-electron chi connectivity index (χ2n) is 5.68. The fraction of sp³-hybridized carbons (Fsp3) is 0.167. The number of benzene rings is 1. The van der Waals surface area contributed by atoms with Crippen LogP contribution in [-0.2, 0) is 6.42 Å². The van der Waals surface area contributed by atoms with Crippen molar-refractivity contribution in [1.82, 2.24) is 9.55 Å². The number of rotatable bonds is 2. The lowest BCUT2D eigenvalue weighted by Gasteiger charge is -2.15. The smallest absolute Gasteiger partial charge is 0.259 e. The predicted molar refractivity (Wildman–Crippen MR) is 91.9 cm³/mol. The molecule has 1 unspecified atom stereocenters. The van der Waals surface area contributed by atoms with Crippen LogP contribution in [0, 0.1) is 6.92 Å². The molecule has 0 amide bonds. The highest BCUT2D eigenvalue weighted by molar-refractivity contribution is 6.30. The van der Waals surface area contributed by atoms with Crippen molar-refractivity contribution < 1.29 is 0 Å². The number of aliphatic imine (C=N–C) groups is 1.